The second-order valence-corrected chi connectivity index (χ2v) is 3.02. The van der Waals surface area contributed by atoms with E-state index < -0.39 is 5.97 Å². The number of aliphatic carboxylic acids is 1. The number of carboxylic acid groups (broad SMARTS) is 1. The van der Waals surface area contributed by atoms with Crippen molar-refractivity contribution in [1.82, 2.24) is 0 Å². The van der Waals surface area contributed by atoms with Crippen LogP contribution in [-0.4, -0.2) is 16.8 Å². The summed E-state index contributed by atoms with van der Waals surface area (Å²) in [5.74, 6) is 0.445. The Morgan fingerprint density at radius 2 is 2.30 bits per heavy atom. The van der Waals surface area contributed by atoms with Crippen molar-refractivity contribution >= 4 is 18.6 Å². The number of rotatable bonds is 5. The monoisotopic (exact) mass is 162 g/mol. The fourth-order valence-corrected chi connectivity index (χ4v) is 1.02. The molecule has 1 N–H and O–H groups in total. The molecule has 0 fully saturated rings. The third kappa shape index (κ3) is 5.95. The highest BCUT2D eigenvalue weighted by molar-refractivity contribution is 7.80. The number of thiol groups is 1. The average Bonchev–Trinajstić information content (AvgIpc) is 1.82. The smallest absolute Gasteiger partial charge is 0.303 e. The van der Waals surface area contributed by atoms with E-state index in [4.69, 9.17) is 5.11 Å². The quantitative estimate of drug-likeness (QED) is 0.605. The van der Waals surface area contributed by atoms with Gasteiger partial charge in [0.15, 0.2) is 0 Å². The zero-order valence-corrected chi connectivity index (χ0v) is 7.10. The Balaban J connectivity index is 3.25. The van der Waals surface area contributed by atoms with Crippen LogP contribution in [0, 0.1) is 5.92 Å². The maximum Gasteiger partial charge on any atom is 0.303 e. The molecule has 0 aromatic carbocycles. The summed E-state index contributed by atoms with van der Waals surface area (Å²) >= 11 is 4.04. The highest BCUT2D eigenvalue weighted by atomic mass is 32.1. The molecule has 0 rings (SSSR count). The van der Waals surface area contributed by atoms with E-state index in [1.807, 2.05) is 6.92 Å². The number of hydrogen-bond acceptors (Lipinski definition) is 2. The Morgan fingerprint density at radius 3 is 2.70 bits per heavy atom. The van der Waals surface area contributed by atoms with Gasteiger partial charge in [-0.25, -0.2) is 0 Å². The van der Waals surface area contributed by atoms with Crippen LogP contribution >= 0.6 is 12.6 Å². The van der Waals surface area contributed by atoms with Crippen LogP contribution in [0.5, 0.6) is 0 Å². The minimum absolute atomic E-state index is 0.285. The largest absolute Gasteiger partial charge is 0.481 e. The van der Waals surface area contributed by atoms with Gasteiger partial charge in [-0.15, -0.1) is 0 Å². The Labute approximate surface area is 67.0 Å². The normalized spacial score (nSPS) is 13.0. The van der Waals surface area contributed by atoms with Gasteiger partial charge in [0.25, 0.3) is 0 Å². The zero-order chi connectivity index (χ0) is 7.98. The maximum absolute atomic E-state index is 10.2. The predicted molar refractivity (Wildman–Crippen MR) is 44.5 cm³/mol. The molecule has 0 aliphatic rings. The van der Waals surface area contributed by atoms with Crippen molar-refractivity contribution in [2.45, 2.75) is 26.2 Å². The predicted octanol–water partition coefficient (Wildman–Crippen LogP) is 1.81. The third-order valence-corrected chi connectivity index (χ3v) is 1.69. The Hall–Kier alpha value is -0.180. The molecule has 1 atom stereocenters. The summed E-state index contributed by atoms with van der Waals surface area (Å²) in [5.41, 5.74) is 0. The molecule has 0 aromatic heterocycles. The average molecular weight is 162 g/mol. The molecule has 0 heterocycles. The minimum atomic E-state index is -0.702. The molecule has 3 heteroatoms. The number of carboxylic acids is 1. The molecule has 0 aliphatic carbocycles. The van der Waals surface area contributed by atoms with Crippen molar-refractivity contribution in [2.24, 2.45) is 5.92 Å². The van der Waals surface area contributed by atoms with E-state index in [1.165, 1.54) is 0 Å². The fraction of sp³-hybridized carbons (Fsp3) is 0.857. The molecule has 0 amide bonds. The van der Waals surface area contributed by atoms with Crippen molar-refractivity contribution in [3.63, 3.8) is 0 Å². The lowest BCUT2D eigenvalue weighted by molar-refractivity contribution is -0.138. The van der Waals surface area contributed by atoms with Gasteiger partial charge in [0.05, 0.1) is 0 Å². The van der Waals surface area contributed by atoms with Gasteiger partial charge in [-0.05, 0) is 24.5 Å². The van der Waals surface area contributed by atoms with Crippen LogP contribution in [0.2, 0.25) is 0 Å². The van der Waals surface area contributed by atoms with Crippen LogP contribution in [-0.2, 0) is 4.79 Å². The zero-order valence-electron chi connectivity index (χ0n) is 6.21. The molecular formula is C7H14O2S. The van der Waals surface area contributed by atoms with Crippen molar-refractivity contribution in [2.75, 3.05) is 5.75 Å². The van der Waals surface area contributed by atoms with Crippen molar-refractivity contribution < 1.29 is 9.90 Å². The molecule has 0 saturated carbocycles. The van der Waals surface area contributed by atoms with Crippen LogP contribution in [0.25, 0.3) is 0 Å². The Morgan fingerprint density at radius 1 is 1.70 bits per heavy atom. The lowest BCUT2D eigenvalue weighted by Gasteiger charge is -2.05. The standard InChI is InChI=1S/C7H14O2S/c1-6(3-2-4-10)5-7(8)9/h6,10H,2-5H2,1H3,(H,8,9)/t6-/m0/s1. The molecule has 0 radical (unpaired) electrons. The van der Waals surface area contributed by atoms with Gasteiger partial charge in [0, 0.05) is 6.42 Å². The minimum Gasteiger partial charge on any atom is -0.481 e. The topological polar surface area (TPSA) is 37.3 Å². The van der Waals surface area contributed by atoms with E-state index in [2.05, 4.69) is 12.6 Å². The number of hydrogen-bond donors (Lipinski definition) is 2. The summed E-state index contributed by atoms with van der Waals surface area (Å²) in [6, 6.07) is 0. The van der Waals surface area contributed by atoms with Crippen molar-refractivity contribution in [3.8, 4) is 0 Å². The first-order chi connectivity index (χ1) is 4.66. The first kappa shape index (κ1) is 9.82. The summed E-state index contributed by atoms with van der Waals surface area (Å²) in [5, 5.41) is 8.36. The van der Waals surface area contributed by atoms with Crippen LogP contribution in [0.1, 0.15) is 26.2 Å². The summed E-state index contributed by atoms with van der Waals surface area (Å²) in [6.07, 6.45) is 2.27. The van der Waals surface area contributed by atoms with Gasteiger partial charge >= 0.3 is 5.97 Å². The molecule has 0 saturated heterocycles. The third-order valence-electron chi connectivity index (χ3n) is 1.38. The van der Waals surface area contributed by atoms with E-state index >= 15 is 0 Å². The van der Waals surface area contributed by atoms with Crippen LogP contribution < -0.4 is 0 Å². The summed E-state index contributed by atoms with van der Waals surface area (Å²) in [6.45, 7) is 1.96. The lowest BCUT2D eigenvalue weighted by Crippen LogP contribution is -2.03. The lowest BCUT2D eigenvalue weighted by atomic mass is 10.0. The van der Waals surface area contributed by atoms with Gasteiger partial charge in [-0.1, -0.05) is 6.92 Å². The Bertz CT molecular complexity index is 104. The summed E-state index contributed by atoms with van der Waals surface area (Å²) in [7, 11) is 0. The SMILES string of the molecule is C[C@@H](CCCS)CC(=O)O. The molecule has 0 spiro atoms. The van der Waals surface area contributed by atoms with E-state index in [-0.39, 0.29) is 6.42 Å². The molecular weight excluding hydrogens is 148 g/mol. The first-order valence-electron chi connectivity index (χ1n) is 3.49. The van der Waals surface area contributed by atoms with Crippen LogP contribution in [0.4, 0.5) is 0 Å². The van der Waals surface area contributed by atoms with Gasteiger partial charge in [-0.3, -0.25) is 4.79 Å². The fourth-order valence-electron chi connectivity index (χ4n) is 0.840. The van der Waals surface area contributed by atoms with E-state index in [9.17, 15) is 4.79 Å². The molecule has 0 unspecified atom stereocenters. The van der Waals surface area contributed by atoms with E-state index in [0.29, 0.717) is 5.92 Å². The first-order valence-corrected chi connectivity index (χ1v) is 4.12. The van der Waals surface area contributed by atoms with Gasteiger partial charge in [0.1, 0.15) is 0 Å². The second-order valence-electron chi connectivity index (χ2n) is 2.57. The van der Waals surface area contributed by atoms with Crippen molar-refractivity contribution in [1.29, 1.82) is 0 Å². The highest BCUT2D eigenvalue weighted by Crippen LogP contribution is 2.09. The highest BCUT2D eigenvalue weighted by Gasteiger charge is 2.05. The van der Waals surface area contributed by atoms with Crippen LogP contribution in [0.15, 0.2) is 0 Å². The second kappa shape index (κ2) is 5.59. The summed E-state index contributed by atoms with van der Waals surface area (Å²) < 4.78 is 0. The number of carbonyl (C=O) groups is 1. The summed E-state index contributed by atoms with van der Waals surface area (Å²) in [4.78, 5) is 10.2. The van der Waals surface area contributed by atoms with Crippen LogP contribution in [0.3, 0.4) is 0 Å². The van der Waals surface area contributed by atoms with E-state index in [0.717, 1.165) is 18.6 Å². The van der Waals surface area contributed by atoms with Gasteiger partial charge < -0.3 is 5.11 Å². The molecule has 2 nitrogen and oxygen atoms in total. The Kier molecular flexibility index (Phi) is 5.49. The van der Waals surface area contributed by atoms with Gasteiger partial charge in [-0.2, -0.15) is 12.6 Å². The van der Waals surface area contributed by atoms with Crippen molar-refractivity contribution in [3.05, 3.63) is 0 Å². The molecule has 0 bridgehead atoms. The van der Waals surface area contributed by atoms with Gasteiger partial charge in [0.2, 0.25) is 0 Å². The van der Waals surface area contributed by atoms with E-state index in [1.54, 1.807) is 0 Å². The molecule has 0 aromatic rings. The molecule has 10 heavy (non-hydrogen) atoms. The maximum atomic E-state index is 10.2. The molecule has 60 valence electrons. The molecule has 0 aliphatic heterocycles.